The van der Waals surface area contributed by atoms with Gasteiger partial charge in [0.2, 0.25) is 5.95 Å². The van der Waals surface area contributed by atoms with Gasteiger partial charge in [-0.2, -0.15) is 4.98 Å². The fraction of sp³-hybridized carbons (Fsp3) is 0.360. The molecule has 41 heavy (non-hydrogen) atoms. The summed E-state index contributed by atoms with van der Waals surface area (Å²) in [6, 6.07) is 12.8. The molecule has 0 radical (unpaired) electrons. The number of benzene rings is 2. The first-order valence-corrected chi connectivity index (χ1v) is 15.8. The number of phosphoric ester groups is 2. The minimum absolute atomic E-state index is 0.0599. The molecule has 5 atom stereocenters. The topological polar surface area (TPSA) is 199 Å². The predicted octanol–water partition coefficient (Wildman–Crippen LogP) is 3.56. The van der Waals surface area contributed by atoms with Gasteiger partial charge < -0.3 is 25.0 Å². The fourth-order valence-corrected chi connectivity index (χ4v) is 6.44. The molecule has 2 aliphatic rings. The number of nitrogens with zero attached hydrogens (tertiary/aromatic N) is 2. The van der Waals surface area contributed by atoms with Crippen LogP contribution in [0.5, 0.6) is 11.5 Å². The third-order valence-corrected chi connectivity index (χ3v) is 8.86. The maximum Gasteiger partial charge on any atom is 0.527 e. The lowest BCUT2D eigenvalue weighted by molar-refractivity contribution is 0.0211. The van der Waals surface area contributed by atoms with E-state index in [0.717, 1.165) is 11.1 Å². The van der Waals surface area contributed by atoms with E-state index < -0.39 is 27.1 Å². The first-order chi connectivity index (χ1) is 19.4. The number of rotatable bonds is 11. The number of hydrogen-bond donors (Lipinski definition) is 5. The van der Waals surface area contributed by atoms with Crippen LogP contribution < -0.4 is 30.6 Å². The second-order valence-corrected chi connectivity index (χ2v) is 12.8. The van der Waals surface area contributed by atoms with Crippen LogP contribution in [-0.2, 0) is 18.2 Å². The number of aromatic amines is 1. The zero-order chi connectivity index (χ0) is 29.4. The molecule has 2 unspecified atom stereocenters. The molecule has 1 saturated carbocycles. The molecule has 0 amide bonds. The number of H-pyrrole nitrogens is 1. The van der Waals surface area contributed by atoms with Crippen LogP contribution in [0.25, 0.3) is 0 Å². The summed E-state index contributed by atoms with van der Waals surface area (Å²) in [4.78, 5) is 41.5. The lowest BCUT2D eigenvalue weighted by Crippen LogP contribution is -2.55. The molecule has 2 heterocycles. The molecule has 0 bridgehead atoms. The van der Waals surface area contributed by atoms with Crippen molar-refractivity contribution >= 4 is 33.1 Å². The average molecular weight is 607 g/mol. The average Bonchev–Trinajstić information content (AvgIpc) is 3.29. The van der Waals surface area contributed by atoms with E-state index in [9.17, 15) is 23.7 Å². The van der Waals surface area contributed by atoms with Gasteiger partial charge in [0.15, 0.2) is 5.82 Å². The molecule has 14 nitrogen and oxygen atoms in total. The largest absolute Gasteiger partial charge is 0.527 e. The van der Waals surface area contributed by atoms with E-state index in [4.69, 9.17) is 23.8 Å². The van der Waals surface area contributed by atoms with Gasteiger partial charge in [0.25, 0.3) is 5.56 Å². The molecule has 5 rings (SSSR count). The summed E-state index contributed by atoms with van der Waals surface area (Å²) in [5, 5.41) is 2.99. The number of fused-ring (bicyclic) bond motifs is 1. The maximum atomic E-state index is 12.8. The van der Waals surface area contributed by atoms with E-state index >= 15 is 0 Å². The number of phosphoric acid groups is 2. The third-order valence-electron chi connectivity index (χ3n) is 7.03. The van der Waals surface area contributed by atoms with Crippen LogP contribution >= 0.6 is 15.6 Å². The van der Waals surface area contributed by atoms with Crippen molar-refractivity contribution in [3.8, 4) is 11.5 Å². The van der Waals surface area contributed by atoms with E-state index in [2.05, 4.69) is 15.3 Å². The zero-order valence-electron chi connectivity index (χ0n) is 22.3. The number of nitrogens with one attached hydrogen (secondary N) is 2. The molecule has 0 saturated heterocycles. The summed E-state index contributed by atoms with van der Waals surface area (Å²) in [6.07, 6.45) is 0.433. The predicted molar refractivity (Wildman–Crippen MR) is 151 cm³/mol. The number of aromatic nitrogens is 2. The molecule has 1 aliphatic carbocycles. The van der Waals surface area contributed by atoms with Gasteiger partial charge in [-0.25, -0.2) is 9.13 Å². The van der Waals surface area contributed by atoms with Crippen molar-refractivity contribution in [3.63, 3.8) is 0 Å². The standard InChI is InChI=1S/C25H31N5O9P2/c1-15-3-7-18(8-4-15)38-40(32,33)36-12-17-11-21(30-14-27-22-23(30)28-25(26)29-24(22)31)20(17)13-37-41(34,35)39-19-9-5-16(2)6-10-19/h3-10,17,20-21,27H,11-14H2,1-2H3,(H,32,33)(H,34,35)(H3,26,28,29,31)/t17-,20-,21-/m1/s1. The Kier molecular flexibility index (Phi) is 8.15. The van der Waals surface area contributed by atoms with Crippen molar-refractivity contribution in [3.05, 3.63) is 70.0 Å². The van der Waals surface area contributed by atoms with Crippen LogP contribution in [0, 0.1) is 25.7 Å². The van der Waals surface area contributed by atoms with Crippen LogP contribution in [0.4, 0.5) is 17.5 Å². The maximum absolute atomic E-state index is 12.8. The molecule has 6 N–H and O–H groups in total. The highest BCUT2D eigenvalue weighted by Gasteiger charge is 2.48. The number of anilines is 3. The monoisotopic (exact) mass is 607 g/mol. The van der Waals surface area contributed by atoms with Gasteiger partial charge in [-0.15, -0.1) is 0 Å². The number of aryl methyl sites for hydroxylation is 2. The summed E-state index contributed by atoms with van der Waals surface area (Å²) in [6.45, 7) is 3.53. The zero-order valence-corrected chi connectivity index (χ0v) is 24.1. The van der Waals surface area contributed by atoms with Gasteiger partial charge in [0.1, 0.15) is 17.2 Å². The molecule has 1 aromatic heterocycles. The van der Waals surface area contributed by atoms with Crippen molar-refractivity contribution in [1.29, 1.82) is 0 Å². The van der Waals surface area contributed by atoms with E-state index in [0.29, 0.717) is 12.2 Å². The van der Waals surface area contributed by atoms with Gasteiger partial charge in [-0.3, -0.25) is 28.6 Å². The summed E-state index contributed by atoms with van der Waals surface area (Å²) in [5.41, 5.74) is 7.49. The highest BCUT2D eigenvalue weighted by atomic mass is 31.2. The molecule has 16 heteroatoms. The smallest absolute Gasteiger partial charge is 0.404 e. The minimum atomic E-state index is -4.52. The second-order valence-electron chi connectivity index (χ2n) is 10.0. The van der Waals surface area contributed by atoms with Gasteiger partial charge in [0, 0.05) is 12.0 Å². The van der Waals surface area contributed by atoms with Crippen molar-refractivity contribution in [2.45, 2.75) is 26.3 Å². The molecule has 220 valence electrons. The third kappa shape index (κ3) is 6.92. The molecule has 0 spiro atoms. The molecular weight excluding hydrogens is 576 g/mol. The molecule has 1 aliphatic heterocycles. The van der Waals surface area contributed by atoms with Gasteiger partial charge in [-0.1, -0.05) is 35.4 Å². The molecular formula is C25H31N5O9P2. The Balaban J connectivity index is 1.29. The molecule has 2 aromatic carbocycles. The van der Waals surface area contributed by atoms with Gasteiger partial charge in [0.05, 0.1) is 19.9 Å². The minimum Gasteiger partial charge on any atom is -0.404 e. The summed E-state index contributed by atoms with van der Waals surface area (Å²) in [7, 11) is -9.00. The van der Waals surface area contributed by atoms with Gasteiger partial charge >= 0.3 is 15.6 Å². The first kappa shape index (κ1) is 29.1. The summed E-state index contributed by atoms with van der Waals surface area (Å²) >= 11 is 0. The van der Waals surface area contributed by atoms with Crippen LogP contribution in [0.2, 0.25) is 0 Å². The van der Waals surface area contributed by atoms with E-state index in [1.807, 2.05) is 13.8 Å². The molecule has 1 fully saturated rings. The van der Waals surface area contributed by atoms with Crippen LogP contribution in [0.15, 0.2) is 53.3 Å². The van der Waals surface area contributed by atoms with E-state index in [1.165, 1.54) is 0 Å². The Hall–Kier alpha value is -3.38. The highest BCUT2D eigenvalue weighted by molar-refractivity contribution is 7.48. The van der Waals surface area contributed by atoms with Crippen LogP contribution in [0.3, 0.4) is 0 Å². The highest BCUT2D eigenvalue weighted by Crippen LogP contribution is 2.51. The lowest BCUT2D eigenvalue weighted by atomic mass is 9.69. The Morgan fingerprint density at radius 3 is 2.05 bits per heavy atom. The Bertz CT molecular complexity index is 1550. The van der Waals surface area contributed by atoms with Crippen molar-refractivity contribution in [2.24, 2.45) is 11.8 Å². The quantitative estimate of drug-likeness (QED) is 0.199. The van der Waals surface area contributed by atoms with E-state index in [1.54, 1.807) is 53.4 Å². The first-order valence-electron chi connectivity index (χ1n) is 12.8. The van der Waals surface area contributed by atoms with Crippen molar-refractivity contribution in [1.82, 2.24) is 9.97 Å². The van der Waals surface area contributed by atoms with E-state index in [-0.39, 0.29) is 55.0 Å². The molecule has 3 aromatic rings. The fourth-order valence-electron chi connectivity index (χ4n) is 4.82. The van der Waals surface area contributed by atoms with Gasteiger partial charge in [-0.05, 0) is 50.5 Å². The van der Waals surface area contributed by atoms with Crippen LogP contribution in [-0.4, -0.2) is 45.7 Å². The Morgan fingerprint density at radius 2 is 1.49 bits per heavy atom. The van der Waals surface area contributed by atoms with Crippen molar-refractivity contribution < 1.29 is 37.0 Å². The normalized spacial score (nSPS) is 22.5. The number of nitrogens with two attached hydrogens (primary N) is 1. The summed E-state index contributed by atoms with van der Waals surface area (Å²) in [5.74, 6) is -0.237. The second kappa shape index (κ2) is 11.5. The number of nitrogen functional groups attached to an aromatic ring is 1. The van der Waals surface area contributed by atoms with Crippen LogP contribution in [0.1, 0.15) is 17.5 Å². The Morgan fingerprint density at radius 1 is 0.951 bits per heavy atom. The SMILES string of the molecule is Cc1ccc(OP(=O)(O)OC[C@H]2C[C@@H](N3CNc4c3nc(N)[nH]c4=O)[C@@H]2COP(=O)(O)Oc2ccc(C)cc2)cc1. The number of hydrogen-bond acceptors (Lipinski definition) is 11. The lowest BCUT2D eigenvalue weighted by Gasteiger charge is -2.48. The summed E-state index contributed by atoms with van der Waals surface area (Å²) < 4.78 is 46.4. The Labute approximate surface area is 235 Å². The van der Waals surface area contributed by atoms with Crippen molar-refractivity contribution in [2.75, 3.05) is 35.8 Å².